The predicted octanol–water partition coefficient (Wildman–Crippen LogP) is 2.92. The van der Waals surface area contributed by atoms with E-state index in [2.05, 4.69) is 33.4 Å². The average molecular weight is 325 g/mol. The molecule has 1 aliphatic rings. The molecule has 1 saturated heterocycles. The number of nitrogens with one attached hydrogen (secondary N) is 1. The fourth-order valence-electron chi connectivity index (χ4n) is 2.85. The van der Waals surface area contributed by atoms with Gasteiger partial charge in [-0.1, -0.05) is 18.2 Å². The van der Waals surface area contributed by atoms with Crippen LogP contribution < -0.4 is 5.32 Å². The summed E-state index contributed by atoms with van der Waals surface area (Å²) in [6.07, 6.45) is 1.91. The Balaban J connectivity index is 1.60. The third-order valence-electron chi connectivity index (χ3n) is 4.10. The quantitative estimate of drug-likeness (QED) is 0.939. The lowest BCUT2D eigenvalue weighted by Gasteiger charge is -2.32. The molecule has 1 atom stereocenters. The van der Waals surface area contributed by atoms with Crippen LogP contribution in [0.4, 0.5) is 5.69 Å². The number of amides is 1. The van der Waals surface area contributed by atoms with E-state index in [1.807, 2.05) is 31.3 Å². The van der Waals surface area contributed by atoms with Crippen LogP contribution >= 0.6 is 0 Å². The van der Waals surface area contributed by atoms with Gasteiger partial charge in [0.25, 0.3) is 0 Å². The van der Waals surface area contributed by atoms with Crippen molar-refractivity contribution in [1.82, 2.24) is 9.88 Å². The highest BCUT2D eigenvalue weighted by Gasteiger charge is 2.22. The number of aromatic nitrogens is 1. The van der Waals surface area contributed by atoms with E-state index in [0.717, 1.165) is 36.6 Å². The van der Waals surface area contributed by atoms with Gasteiger partial charge in [-0.15, -0.1) is 0 Å². The van der Waals surface area contributed by atoms with Crippen LogP contribution in [-0.4, -0.2) is 35.5 Å². The number of carbonyl (C=O) groups excluding carboxylic acids is 1. The summed E-state index contributed by atoms with van der Waals surface area (Å²) in [4.78, 5) is 17.9. The second-order valence-corrected chi connectivity index (χ2v) is 6.23. The predicted molar refractivity (Wildman–Crippen MR) is 93.7 cm³/mol. The molecule has 0 spiro atoms. The summed E-state index contributed by atoms with van der Waals surface area (Å²) in [5, 5.41) is 2.79. The minimum atomic E-state index is -0.0515. The number of carbonyl (C=O) groups is 1. The number of benzene rings is 1. The van der Waals surface area contributed by atoms with E-state index in [1.54, 1.807) is 0 Å². The van der Waals surface area contributed by atoms with Gasteiger partial charge in [0.05, 0.1) is 12.3 Å². The molecule has 0 saturated carbocycles. The SMILES string of the molecule is CC(=O)Nc1ccc(CN2CCO[C@H](c3ccc(C)cn3)C2)cc1. The summed E-state index contributed by atoms with van der Waals surface area (Å²) in [5.74, 6) is -0.0515. The van der Waals surface area contributed by atoms with E-state index in [1.165, 1.54) is 12.5 Å². The number of aryl methyl sites for hydroxylation is 1. The molecule has 1 aromatic heterocycles. The van der Waals surface area contributed by atoms with Gasteiger partial charge < -0.3 is 10.1 Å². The summed E-state index contributed by atoms with van der Waals surface area (Å²) >= 11 is 0. The molecule has 0 aliphatic carbocycles. The van der Waals surface area contributed by atoms with Crippen LogP contribution in [0.5, 0.6) is 0 Å². The summed E-state index contributed by atoms with van der Waals surface area (Å²) in [6, 6.07) is 12.1. The molecule has 5 nitrogen and oxygen atoms in total. The molecule has 0 radical (unpaired) electrons. The number of morpholine rings is 1. The van der Waals surface area contributed by atoms with Gasteiger partial charge in [0.2, 0.25) is 5.91 Å². The van der Waals surface area contributed by atoms with Gasteiger partial charge in [-0.3, -0.25) is 14.7 Å². The Hall–Kier alpha value is -2.24. The van der Waals surface area contributed by atoms with E-state index >= 15 is 0 Å². The maximum absolute atomic E-state index is 11.1. The fraction of sp³-hybridized carbons (Fsp3) is 0.368. The van der Waals surface area contributed by atoms with Crippen LogP contribution in [0.2, 0.25) is 0 Å². The molecule has 2 heterocycles. The molecule has 126 valence electrons. The van der Waals surface area contributed by atoms with Crippen molar-refractivity contribution in [3.8, 4) is 0 Å². The molecule has 3 rings (SSSR count). The highest BCUT2D eigenvalue weighted by Crippen LogP contribution is 2.22. The zero-order valence-corrected chi connectivity index (χ0v) is 14.2. The Morgan fingerprint density at radius 2 is 2.08 bits per heavy atom. The van der Waals surface area contributed by atoms with Crippen molar-refractivity contribution in [2.24, 2.45) is 0 Å². The smallest absolute Gasteiger partial charge is 0.221 e. The van der Waals surface area contributed by atoms with E-state index in [-0.39, 0.29) is 12.0 Å². The van der Waals surface area contributed by atoms with Gasteiger partial charge in [0.15, 0.2) is 0 Å². The maximum atomic E-state index is 11.1. The van der Waals surface area contributed by atoms with Gasteiger partial charge in [-0.2, -0.15) is 0 Å². The summed E-state index contributed by atoms with van der Waals surface area (Å²) in [6.45, 7) is 6.88. The lowest BCUT2D eigenvalue weighted by atomic mass is 10.1. The molecule has 1 aliphatic heterocycles. The monoisotopic (exact) mass is 325 g/mol. The second kappa shape index (κ2) is 7.55. The molecule has 1 aromatic carbocycles. The first-order valence-corrected chi connectivity index (χ1v) is 8.23. The van der Waals surface area contributed by atoms with E-state index in [9.17, 15) is 4.79 Å². The van der Waals surface area contributed by atoms with E-state index in [0.29, 0.717) is 6.61 Å². The summed E-state index contributed by atoms with van der Waals surface area (Å²) in [5.41, 5.74) is 4.20. The van der Waals surface area contributed by atoms with Gasteiger partial charge in [-0.25, -0.2) is 0 Å². The van der Waals surface area contributed by atoms with Crippen molar-refractivity contribution in [3.63, 3.8) is 0 Å². The van der Waals surface area contributed by atoms with Crippen molar-refractivity contribution < 1.29 is 9.53 Å². The molecular formula is C19H23N3O2. The standard InChI is InChI=1S/C19H23N3O2/c1-14-3-8-18(20-11-14)19-13-22(9-10-24-19)12-16-4-6-17(7-5-16)21-15(2)23/h3-8,11,19H,9-10,12-13H2,1-2H3,(H,21,23)/t19-/m0/s1. The van der Waals surface area contributed by atoms with Gasteiger partial charge in [0.1, 0.15) is 6.10 Å². The fourth-order valence-corrected chi connectivity index (χ4v) is 2.85. The van der Waals surface area contributed by atoms with Crippen LogP contribution in [-0.2, 0) is 16.1 Å². The Labute approximate surface area is 142 Å². The number of hydrogen-bond donors (Lipinski definition) is 1. The summed E-state index contributed by atoms with van der Waals surface area (Å²) in [7, 11) is 0. The number of hydrogen-bond acceptors (Lipinski definition) is 4. The highest BCUT2D eigenvalue weighted by atomic mass is 16.5. The van der Waals surface area contributed by atoms with Crippen LogP contribution in [0.3, 0.4) is 0 Å². The third kappa shape index (κ3) is 4.40. The molecule has 24 heavy (non-hydrogen) atoms. The van der Waals surface area contributed by atoms with E-state index in [4.69, 9.17) is 4.74 Å². The molecule has 1 N–H and O–H groups in total. The molecular weight excluding hydrogens is 302 g/mol. The van der Waals surface area contributed by atoms with E-state index < -0.39 is 0 Å². The Morgan fingerprint density at radius 3 is 2.75 bits per heavy atom. The van der Waals surface area contributed by atoms with Gasteiger partial charge in [0, 0.05) is 38.4 Å². The normalized spacial score (nSPS) is 18.3. The number of pyridine rings is 1. The van der Waals surface area contributed by atoms with Crippen LogP contribution in [0.15, 0.2) is 42.6 Å². The number of ether oxygens (including phenoxy) is 1. The van der Waals surface area contributed by atoms with Crippen LogP contribution in [0, 0.1) is 6.92 Å². The van der Waals surface area contributed by atoms with Gasteiger partial charge >= 0.3 is 0 Å². The Morgan fingerprint density at radius 1 is 1.29 bits per heavy atom. The molecule has 0 unspecified atom stereocenters. The Kier molecular flexibility index (Phi) is 5.23. The molecule has 5 heteroatoms. The molecule has 1 fully saturated rings. The van der Waals surface area contributed by atoms with Crippen LogP contribution in [0.1, 0.15) is 29.8 Å². The maximum Gasteiger partial charge on any atom is 0.221 e. The molecule has 2 aromatic rings. The number of anilines is 1. The Bertz CT molecular complexity index is 683. The third-order valence-corrected chi connectivity index (χ3v) is 4.10. The van der Waals surface area contributed by atoms with Crippen molar-refractivity contribution in [2.75, 3.05) is 25.0 Å². The largest absolute Gasteiger partial charge is 0.369 e. The minimum absolute atomic E-state index is 0.0259. The minimum Gasteiger partial charge on any atom is -0.369 e. The first-order chi connectivity index (χ1) is 11.6. The van der Waals surface area contributed by atoms with Gasteiger partial charge in [-0.05, 0) is 36.2 Å². The zero-order valence-electron chi connectivity index (χ0n) is 14.2. The van der Waals surface area contributed by atoms with Crippen molar-refractivity contribution >= 4 is 11.6 Å². The van der Waals surface area contributed by atoms with Crippen molar-refractivity contribution in [3.05, 3.63) is 59.4 Å². The lowest BCUT2D eigenvalue weighted by Crippen LogP contribution is -2.38. The zero-order chi connectivity index (χ0) is 16.9. The second-order valence-electron chi connectivity index (χ2n) is 6.23. The highest BCUT2D eigenvalue weighted by molar-refractivity contribution is 5.88. The summed E-state index contributed by atoms with van der Waals surface area (Å²) < 4.78 is 5.88. The molecule has 0 bridgehead atoms. The topological polar surface area (TPSA) is 54.5 Å². The first kappa shape index (κ1) is 16.6. The lowest BCUT2D eigenvalue weighted by molar-refractivity contribution is -0.114. The number of nitrogens with zero attached hydrogens (tertiary/aromatic N) is 2. The first-order valence-electron chi connectivity index (χ1n) is 8.23. The number of rotatable bonds is 4. The average Bonchev–Trinajstić information content (AvgIpc) is 2.57. The van der Waals surface area contributed by atoms with Crippen LogP contribution in [0.25, 0.3) is 0 Å². The van der Waals surface area contributed by atoms with Crippen molar-refractivity contribution in [1.29, 1.82) is 0 Å². The molecule has 1 amide bonds. The van der Waals surface area contributed by atoms with Crippen molar-refractivity contribution in [2.45, 2.75) is 26.5 Å².